The first kappa shape index (κ1) is 10.8. The van der Waals surface area contributed by atoms with Crippen molar-refractivity contribution in [1.82, 2.24) is 0 Å². The van der Waals surface area contributed by atoms with Crippen LogP contribution in [0.4, 0.5) is 10.1 Å². The average molecular weight is 241 g/mol. The molecule has 0 aliphatic rings. The summed E-state index contributed by atoms with van der Waals surface area (Å²) < 4.78 is 19.1. The predicted octanol–water partition coefficient (Wildman–Crippen LogP) is 4.13. The van der Waals surface area contributed by atoms with Crippen molar-refractivity contribution < 1.29 is 8.81 Å². The molecular formula is C15H12FNO. The molecule has 0 spiro atoms. The van der Waals surface area contributed by atoms with E-state index in [1.807, 2.05) is 37.3 Å². The van der Waals surface area contributed by atoms with Crippen LogP contribution < -0.4 is 5.73 Å². The van der Waals surface area contributed by atoms with Crippen LogP contribution in [-0.2, 0) is 0 Å². The van der Waals surface area contributed by atoms with Gasteiger partial charge in [0.25, 0.3) is 0 Å². The number of nitrogen functional groups attached to an aromatic ring is 1. The Morgan fingerprint density at radius 3 is 2.67 bits per heavy atom. The number of benzene rings is 2. The molecule has 0 saturated carbocycles. The van der Waals surface area contributed by atoms with Gasteiger partial charge in [-0.2, -0.15) is 0 Å². The third-order valence-electron chi connectivity index (χ3n) is 3.06. The zero-order valence-corrected chi connectivity index (χ0v) is 9.91. The lowest BCUT2D eigenvalue weighted by molar-refractivity contribution is 0.569. The minimum absolute atomic E-state index is 0.284. The average Bonchev–Trinajstić information content (AvgIpc) is 2.78. The van der Waals surface area contributed by atoms with Crippen LogP contribution in [0.15, 0.2) is 46.9 Å². The highest BCUT2D eigenvalue weighted by atomic mass is 19.1. The highest BCUT2D eigenvalue weighted by Gasteiger charge is 2.10. The van der Waals surface area contributed by atoms with Gasteiger partial charge in [0.1, 0.15) is 5.76 Å². The number of nitrogens with two attached hydrogens (primary N) is 1. The zero-order valence-electron chi connectivity index (χ0n) is 9.91. The third-order valence-corrected chi connectivity index (χ3v) is 3.06. The van der Waals surface area contributed by atoms with E-state index in [1.165, 1.54) is 6.07 Å². The smallest absolute Gasteiger partial charge is 0.170 e. The maximum Gasteiger partial charge on any atom is 0.170 e. The molecule has 0 amide bonds. The Morgan fingerprint density at radius 1 is 1.11 bits per heavy atom. The first-order chi connectivity index (χ1) is 8.65. The standard InChI is InChI=1S/C15H12FNO/c1-9-5-6-10(7-13(9)17)14-8-11-3-2-4-12(16)15(11)18-14/h2-8H,17H2,1H3. The molecule has 1 aromatic heterocycles. The summed E-state index contributed by atoms with van der Waals surface area (Å²) in [6, 6.07) is 12.4. The molecule has 2 N–H and O–H groups in total. The number of rotatable bonds is 1. The minimum Gasteiger partial charge on any atom is -0.453 e. The van der Waals surface area contributed by atoms with Crippen molar-refractivity contribution >= 4 is 16.7 Å². The fourth-order valence-corrected chi connectivity index (χ4v) is 1.96. The van der Waals surface area contributed by atoms with Crippen LogP contribution in [0, 0.1) is 12.7 Å². The third kappa shape index (κ3) is 1.64. The van der Waals surface area contributed by atoms with E-state index in [2.05, 4.69) is 0 Å². The van der Waals surface area contributed by atoms with Gasteiger partial charge in [0.2, 0.25) is 0 Å². The van der Waals surface area contributed by atoms with E-state index >= 15 is 0 Å². The second-order valence-electron chi connectivity index (χ2n) is 4.34. The van der Waals surface area contributed by atoms with Gasteiger partial charge in [0.15, 0.2) is 11.4 Å². The van der Waals surface area contributed by atoms with Crippen molar-refractivity contribution in [2.45, 2.75) is 6.92 Å². The first-order valence-electron chi connectivity index (χ1n) is 5.70. The topological polar surface area (TPSA) is 39.2 Å². The number of hydrogen-bond donors (Lipinski definition) is 1. The molecule has 0 atom stereocenters. The van der Waals surface area contributed by atoms with Crippen LogP contribution >= 0.6 is 0 Å². The summed E-state index contributed by atoms with van der Waals surface area (Å²) in [5.74, 6) is 0.278. The van der Waals surface area contributed by atoms with Gasteiger partial charge in [-0.3, -0.25) is 0 Å². The van der Waals surface area contributed by atoms with Gasteiger partial charge in [-0.1, -0.05) is 24.3 Å². The van der Waals surface area contributed by atoms with E-state index in [9.17, 15) is 4.39 Å². The molecule has 3 aromatic rings. The molecule has 2 aromatic carbocycles. The summed E-state index contributed by atoms with van der Waals surface area (Å²) in [5.41, 5.74) is 8.72. The lowest BCUT2D eigenvalue weighted by atomic mass is 10.1. The van der Waals surface area contributed by atoms with Crippen molar-refractivity contribution in [3.05, 3.63) is 53.8 Å². The molecule has 0 bridgehead atoms. The largest absolute Gasteiger partial charge is 0.453 e. The maximum atomic E-state index is 13.5. The van der Waals surface area contributed by atoms with Gasteiger partial charge in [-0.05, 0) is 30.7 Å². The summed E-state index contributed by atoms with van der Waals surface area (Å²) >= 11 is 0. The summed E-state index contributed by atoms with van der Waals surface area (Å²) in [4.78, 5) is 0. The highest BCUT2D eigenvalue weighted by Crippen LogP contribution is 2.30. The Kier molecular flexibility index (Phi) is 2.33. The number of furan rings is 1. The van der Waals surface area contributed by atoms with Crippen molar-refractivity contribution in [2.24, 2.45) is 0 Å². The van der Waals surface area contributed by atoms with Crippen LogP contribution in [0.3, 0.4) is 0 Å². The van der Waals surface area contributed by atoms with E-state index in [1.54, 1.807) is 6.07 Å². The Morgan fingerprint density at radius 2 is 1.94 bits per heavy atom. The van der Waals surface area contributed by atoms with E-state index < -0.39 is 0 Å². The number of hydrogen-bond acceptors (Lipinski definition) is 2. The van der Waals surface area contributed by atoms with Crippen LogP contribution in [0.25, 0.3) is 22.3 Å². The van der Waals surface area contributed by atoms with Gasteiger partial charge in [-0.15, -0.1) is 0 Å². The van der Waals surface area contributed by atoms with Crippen LogP contribution in [-0.4, -0.2) is 0 Å². The molecule has 90 valence electrons. The molecule has 0 fully saturated rings. The fraction of sp³-hybridized carbons (Fsp3) is 0.0667. The molecule has 2 nitrogen and oxygen atoms in total. The zero-order chi connectivity index (χ0) is 12.7. The van der Waals surface area contributed by atoms with E-state index in [0.717, 1.165) is 16.5 Å². The molecule has 1 heterocycles. The van der Waals surface area contributed by atoms with Crippen LogP contribution in [0.5, 0.6) is 0 Å². The Bertz CT molecular complexity index is 730. The predicted molar refractivity (Wildman–Crippen MR) is 70.8 cm³/mol. The first-order valence-corrected chi connectivity index (χ1v) is 5.70. The minimum atomic E-state index is -0.348. The molecule has 3 rings (SSSR count). The van der Waals surface area contributed by atoms with Crippen molar-refractivity contribution in [1.29, 1.82) is 0 Å². The van der Waals surface area contributed by atoms with Gasteiger partial charge in [0, 0.05) is 16.6 Å². The normalized spacial score (nSPS) is 11.0. The molecule has 0 saturated heterocycles. The molecule has 0 unspecified atom stereocenters. The monoisotopic (exact) mass is 241 g/mol. The Balaban J connectivity index is 2.19. The SMILES string of the molecule is Cc1ccc(-c2cc3cccc(F)c3o2)cc1N. The van der Waals surface area contributed by atoms with Crippen molar-refractivity contribution in [3.8, 4) is 11.3 Å². The number of halogens is 1. The Labute approximate surface area is 104 Å². The van der Waals surface area contributed by atoms with E-state index in [0.29, 0.717) is 11.4 Å². The Hall–Kier alpha value is -2.29. The summed E-state index contributed by atoms with van der Waals surface area (Å²) in [6.45, 7) is 1.94. The maximum absolute atomic E-state index is 13.5. The quantitative estimate of drug-likeness (QED) is 0.650. The molecule has 3 heteroatoms. The highest BCUT2D eigenvalue weighted by molar-refractivity contribution is 5.83. The van der Waals surface area contributed by atoms with Gasteiger partial charge >= 0.3 is 0 Å². The van der Waals surface area contributed by atoms with E-state index in [-0.39, 0.29) is 11.4 Å². The van der Waals surface area contributed by atoms with Crippen molar-refractivity contribution in [2.75, 3.05) is 5.73 Å². The molecule has 0 aliphatic heterocycles. The molecule has 0 aliphatic carbocycles. The molecule has 18 heavy (non-hydrogen) atoms. The van der Waals surface area contributed by atoms with Crippen LogP contribution in [0.1, 0.15) is 5.56 Å². The van der Waals surface area contributed by atoms with Gasteiger partial charge in [-0.25, -0.2) is 4.39 Å². The van der Waals surface area contributed by atoms with E-state index in [4.69, 9.17) is 10.2 Å². The van der Waals surface area contributed by atoms with Gasteiger partial charge in [0.05, 0.1) is 0 Å². The lowest BCUT2D eigenvalue weighted by Crippen LogP contribution is -1.89. The number of aryl methyl sites for hydroxylation is 1. The number of para-hydroxylation sites is 1. The molecular weight excluding hydrogens is 229 g/mol. The molecule has 0 radical (unpaired) electrons. The fourth-order valence-electron chi connectivity index (χ4n) is 1.96. The summed E-state index contributed by atoms with van der Waals surface area (Å²) in [5, 5.41) is 0.754. The van der Waals surface area contributed by atoms with Gasteiger partial charge < -0.3 is 10.2 Å². The second kappa shape index (κ2) is 3.88. The lowest BCUT2D eigenvalue weighted by Gasteiger charge is -2.01. The summed E-state index contributed by atoms with van der Waals surface area (Å²) in [7, 11) is 0. The number of anilines is 1. The second-order valence-corrected chi connectivity index (χ2v) is 4.34. The van der Waals surface area contributed by atoms with Crippen LogP contribution in [0.2, 0.25) is 0 Å². The summed E-state index contributed by atoms with van der Waals surface area (Å²) in [6.07, 6.45) is 0. The number of fused-ring (bicyclic) bond motifs is 1. The van der Waals surface area contributed by atoms with Crippen molar-refractivity contribution in [3.63, 3.8) is 0 Å².